The van der Waals surface area contributed by atoms with Crippen molar-refractivity contribution in [1.29, 1.82) is 0 Å². The highest BCUT2D eigenvalue weighted by Gasteiger charge is 2.15. The van der Waals surface area contributed by atoms with Crippen molar-refractivity contribution in [2.24, 2.45) is 0 Å². The monoisotopic (exact) mass is 328 g/mol. The van der Waals surface area contributed by atoms with Crippen molar-refractivity contribution in [2.45, 2.75) is 26.8 Å². The van der Waals surface area contributed by atoms with Gasteiger partial charge in [0.05, 0.1) is 11.7 Å². The minimum Gasteiger partial charge on any atom is -0.361 e. The van der Waals surface area contributed by atoms with Gasteiger partial charge in [0.1, 0.15) is 5.76 Å². The molecule has 0 aliphatic heterocycles. The van der Waals surface area contributed by atoms with Gasteiger partial charge in [-0.1, -0.05) is 28.9 Å². The fourth-order valence-electron chi connectivity index (χ4n) is 2.78. The summed E-state index contributed by atoms with van der Waals surface area (Å²) >= 11 is 6.06. The predicted molar refractivity (Wildman–Crippen MR) is 90.9 cm³/mol. The number of aryl methyl sites for hydroxylation is 2. The minimum atomic E-state index is -0.123. The number of hydrogen-bond donors (Lipinski definition) is 0. The number of hydrogen-bond acceptors (Lipinski definition) is 3. The van der Waals surface area contributed by atoms with Crippen LogP contribution >= 0.6 is 11.6 Å². The number of rotatable bonds is 3. The Morgan fingerprint density at radius 2 is 2.00 bits per heavy atom. The van der Waals surface area contributed by atoms with Gasteiger partial charge in [0.15, 0.2) is 0 Å². The molecule has 0 amide bonds. The molecular formula is C18H17ClN2O2. The van der Waals surface area contributed by atoms with Crippen molar-refractivity contribution in [3.05, 3.63) is 75.0 Å². The molecule has 0 fully saturated rings. The molecule has 1 atom stereocenters. The first-order chi connectivity index (χ1) is 11.0. The van der Waals surface area contributed by atoms with Crippen LogP contribution < -0.4 is 5.56 Å². The van der Waals surface area contributed by atoms with Crippen molar-refractivity contribution in [3.63, 3.8) is 0 Å². The van der Waals surface area contributed by atoms with E-state index in [1.54, 1.807) is 16.7 Å². The van der Waals surface area contributed by atoms with Gasteiger partial charge >= 0.3 is 0 Å². The van der Waals surface area contributed by atoms with Gasteiger partial charge in [0.25, 0.3) is 5.56 Å². The lowest BCUT2D eigenvalue weighted by molar-refractivity contribution is 0.393. The van der Waals surface area contributed by atoms with E-state index in [-0.39, 0.29) is 11.6 Å². The van der Waals surface area contributed by atoms with Gasteiger partial charge in [-0.05, 0) is 44.5 Å². The third-order valence-electron chi connectivity index (χ3n) is 4.01. The fourth-order valence-corrected chi connectivity index (χ4v) is 2.98. The second kappa shape index (κ2) is 6.05. The molecule has 2 aromatic heterocycles. The van der Waals surface area contributed by atoms with Crippen molar-refractivity contribution < 1.29 is 4.52 Å². The third-order valence-corrected chi connectivity index (χ3v) is 4.24. The second-order valence-electron chi connectivity index (χ2n) is 5.59. The van der Waals surface area contributed by atoms with Gasteiger partial charge in [0.2, 0.25) is 0 Å². The molecule has 1 unspecified atom stereocenters. The highest BCUT2D eigenvalue weighted by Crippen LogP contribution is 2.27. The van der Waals surface area contributed by atoms with Crippen LogP contribution in [0.5, 0.6) is 0 Å². The van der Waals surface area contributed by atoms with Crippen LogP contribution in [0.1, 0.15) is 30.0 Å². The fraction of sp³-hybridized carbons (Fsp3) is 0.222. The van der Waals surface area contributed by atoms with E-state index in [2.05, 4.69) is 5.16 Å². The van der Waals surface area contributed by atoms with E-state index in [0.717, 1.165) is 28.1 Å². The van der Waals surface area contributed by atoms with Gasteiger partial charge < -0.3 is 9.09 Å². The first kappa shape index (κ1) is 15.6. The standard InChI is InChI=1S/C18H17ClN2O2/c1-11-18(13(3)23-20-11)15-7-8-17(22)21(10-15)12(2)14-5-4-6-16(19)9-14/h4-10,12H,1-3H3. The molecule has 4 nitrogen and oxygen atoms in total. The number of halogens is 1. The largest absolute Gasteiger partial charge is 0.361 e. The number of benzene rings is 1. The molecule has 0 saturated carbocycles. The highest BCUT2D eigenvalue weighted by molar-refractivity contribution is 6.30. The normalized spacial score (nSPS) is 12.3. The Morgan fingerprint density at radius 1 is 1.22 bits per heavy atom. The van der Waals surface area contributed by atoms with Crippen LogP contribution in [0.4, 0.5) is 0 Å². The molecule has 118 valence electrons. The van der Waals surface area contributed by atoms with Crippen LogP contribution in [0.15, 0.2) is 51.9 Å². The van der Waals surface area contributed by atoms with Crippen LogP contribution in [0.3, 0.4) is 0 Å². The molecule has 0 N–H and O–H groups in total. The lowest BCUT2D eigenvalue weighted by Crippen LogP contribution is -2.22. The molecular weight excluding hydrogens is 312 g/mol. The van der Waals surface area contributed by atoms with Crippen LogP contribution in [-0.4, -0.2) is 9.72 Å². The van der Waals surface area contributed by atoms with Gasteiger partial charge in [-0.15, -0.1) is 0 Å². The SMILES string of the molecule is Cc1noc(C)c1-c1ccc(=O)n(C(C)c2cccc(Cl)c2)c1. The smallest absolute Gasteiger partial charge is 0.251 e. The maximum Gasteiger partial charge on any atom is 0.251 e. The third kappa shape index (κ3) is 2.94. The van der Waals surface area contributed by atoms with E-state index in [1.807, 2.05) is 51.2 Å². The molecule has 3 aromatic rings. The highest BCUT2D eigenvalue weighted by atomic mass is 35.5. The number of aromatic nitrogens is 2. The molecule has 0 radical (unpaired) electrons. The van der Waals surface area contributed by atoms with Crippen molar-refractivity contribution in [3.8, 4) is 11.1 Å². The van der Waals surface area contributed by atoms with Crippen LogP contribution in [0, 0.1) is 13.8 Å². The van der Waals surface area contributed by atoms with Crippen LogP contribution in [0.2, 0.25) is 5.02 Å². The molecule has 2 heterocycles. The van der Waals surface area contributed by atoms with E-state index in [0.29, 0.717) is 5.02 Å². The Labute approximate surface area is 139 Å². The topological polar surface area (TPSA) is 48.0 Å². The predicted octanol–water partition coefficient (Wildman–Crippen LogP) is 4.38. The number of nitrogens with zero attached hydrogens (tertiary/aromatic N) is 2. The van der Waals surface area contributed by atoms with Crippen LogP contribution in [-0.2, 0) is 0 Å². The summed E-state index contributed by atoms with van der Waals surface area (Å²) < 4.78 is 6.93. The zero-order valence-electron chi connectivity index (χ0n) is 13.2. The molecule has 3 rings (SSSR count). The maximum absolute atomic E-state index is 12.3. The van der Waals surface area contributed by atoms with Gasteiger partial charge in [-0.2, -0.15) is 0 Å². The Hall–Kier alpha value is -2.33. The van der Waals surface area contributed by atoms with E-state index >= 15 is 0 Å². The molecule has 5 heteroatoms. The molecule has 0 spiro atoms. The van der Waals surface area contributed by atoms with E-state index in [1.165, 1.54) is 0 Å². The molecule has 0 aliphatic carbocycles. The zero-order chi connectivity index (χ0) is 16.6. The van der Waals surface area contributed by atoms with Crippen molar-refractivity contribution >= 4 is 11.6 Å². The average molecular weight is 329 g/mol. The molecule has 0 saturated heterocycles. The Balaban J connectivity index is 2.10. The summed E-state index contributed by atoms with van der Waals surface area (Å²) in [5.41, 5.74) is 3.57. The average Bonchev–Trinajstić information content (AvgIpc) is 2.86. The summed E-state index contributed by atoms with van der Waals surface area (Å²) in [5, 5.41) is 4.64. The van der Waals surface area contributed by atoms with Gasteiger partial charge in [0, 0.05) is 28.4 Å². The van der Waals surface area contributed by atoms with Crippen molar-refractivity contribution in [2.75, 3.05) is 0 Å². The molecule has 23 heavy (non-hydrogen) atoms. The first-order valence-electron chi connectivity index (χ1n) is 7.38. The van der Waals surface area contributed by atoms with Crippen molar-refractivity contribution in [1.82, 2.24) is 9.72 Å². The summed E-state index contributed by atoms with van der Waals surface area (Å²) in [6, 6.07) is 10.8. The zero-order valence-corrected chi connectivity index (χ0v) is 14.0. The van der Waals surface area contributed by atoms with Gasteiger partial charge in [-0.25, -0.2) is 0 Å². The summed E-state index contributed by atoms with van der Waals surface area (Å²) in [6.45, 7) is 5.73. The summed E-state index contributed by atoms with van der Waals surface area (Å²) in [5.74, 6) is 0.739. The lowest BCUT2D eigenvalue weighted by atomic mass is 10.0. The Morgan fingerprint density at radius 3 is 2.65 bits per heavy atom. The van der Waals surface area contributed by atoms with E-state index < -0.39 is 0 Å². The second-order valence-corrected chi connectivity index (χ2v) is 6.03. The first-order valence-corrected chi connectivity index (χ1v) is 7.76. The molecule has 0 aliphatic rings. The summed E-state index contributed by atoms with van der Waals surface area (Å²) in [6.07, 6.45) is 1.85. The molecule has 0 bridgehead atoms. The van der Waals surface area contributed by atoms with Crippen LogP contribution in [0.25, 0.3) is 11.1 Å². The molecule has 1 aromatic carbocycles. The van der Waals surface area contributed by atoms with E-state index in [4.69, 9.17) is 16.1 Å². The number of pyridine rings is 1. The Kier molecular flexibility index (Phi) is 4.09. The summed E-state index contributed by atoms with van der Waals surface area (Å²) in [7, 11) is 0. The maximum atomic E-state index is 12.3. The van der Waals surface area contributed by atoms with Gasteiger partial charge in [-0.3, -0.25) is 4.79 Å². The minimum absolute atomic E-state index is 0.0621. The van der Waals surface area contributed by atoms with E-state index in [9.17, 15) is 4.79 Å². The summed E-state index contributed by atoms with van der Waals surface area (Å²) in [4.78, 5) is 12.3. The lowest BCUT2D eigenvalue weighted by Gasteiger charge is -2.17. The quantitative estimate of drug-likeness (QED) is 0.716. The Bertz CT molecular complexity index is 892.